The molecule has 112 valence electrons. The third kappa shape index (κ3) is 4.63. The van der Waals surface area contributed by atoms with Crippen molar-refractivity contribution in [2.24, 2.45) is 5.73 Å². The summed E-state index contributed by atoms with van der Waals surface area (Å²) < 4.78 is 5.68. The van der Waals surface area contributed by atoms with Crippen LogP contribution >= 0.6 is 23.4 Å². The highest BCUT2D eigenvalue weighted by molar-refractivity contribution is 7.98. The molecule has 0 saturated carbocycles. The molecule has 0 saturated heterocycles. The predicted octanol–water partition coefficient (Wildman–Crippen LogP) is 4.45. The van der Waals surface area contributed by atoms with Gasteiger partial charge in [0.05, 0.1) is 16.7 Å². The number of nitrogens with two attached hydrogens (primary N) is 1. The predicted molar refractivity (Wildman–Crippen MR) is 89.0 cm³/mol. The van der Waals surface area contributed by atoms with Crippen LogP contribution in [0.15, 0.2) is 41.6 Å². The first-order valence-corrected chi connectivity index (χ1v) is 8.22. The van der Waals surface area contributed by atoms with Crippen LogP contribution in [0.1, 0.15) is 31.0 Å². The summed E-state index contributed by atoms with van der Waals surface area (Å²) in [5.74, 6) is 1.69. The third-order valence-corrected chi connectivity index (χ3v) is 4.20. The summed E-state index contributed by atoms with van der Waals surface area (Å²) in [6.45, 7) is 4.61. The Balaban J connectivity index is 2.16. The number of benzene rings is 1. The van der Waals surface area contributed by atoms with Crippen LogP contribution in [0, 0.1) is 0 Å². The molecule has 3 nitrogen and oxygen atoms in total. The zero-order valence-corrected chi connectivity index (χ0v) is 13.7. The highest BCUT2D eigenvalue weighted by atomic mass is 35.5. The summed E-state index contributed by atoms with van der Waals surface area (Å²) in [6.07, 6.45) is 1.66. The number of aromatic nitrogens is 1. The minimum Gasteiger partial charge on any atom is -0.494 e. The van der Waals surface area contributed by atoms with Crippen molar-refractivity contribution in [3.05, 3.63) is 52.7 Å². The molecule has 2 rings (SSSR count). The number of hydrogen-bond acceptors (Lipinski definition) is 4. The fourth-order valence-corrected chi connectivity index (χ4v) is 2.82. The minimum absolute atomic E-state index is 0.0121. The fraction of sp³-hybridized carbons (Fsp3) is 0.312. The van der Waals surface area contributed by atoms with Gasteiger partial charge in [-0.15, -0.1) is 11.8 Å². The molecule has 0 spiro atoms. The van der Waals surface area contributed by atoms with Crippen molar-refractivity contribution in [1.29, 1.82) is 0 Å². The molecule has 1 atom stereocenters. The first-order valence-electron chi connectivity index (χ1n) is 6.85. The monoisotopic (exact) mass is 322 g/mol. The van der Waals surface area contributed by atoms with E-state index in [0.717, 1.165) is 27.7 Å². The number of halogens is 1. The van der Waals surface area contributed by atoms with Gasteiger partial charge in [-0.1, -0.05) is 17.7 Å². The van der Waals surface area contributed by atoms with Gasteiger partial charge in [0.2, 0.25) is 0 Å². The quantitative estimate of drug-likeness (QED) is 0.798. The Kier molecular flexibility index (Phi) is 5.91. The summed E-state index contributed by atoms with van der Waals surface area (Å²) in [4.78, 5) is 4.29. The van der Waals surface area contributed by atoms with Crippen LogP contribution in [0.2, 0.25) is 5.02 Å². The number of nitrogens with zero attached hydrogens (tertiary/aromatic N) is 1. The fourth-order valence-electron chi connectivity index (χ4n) is 1.89. The summed E-state index contributed by atoms with van der Waals surface area (Å²) in [5.41, 5.74) is 8.20. The molecule has 2 aromatic rings. The molecule has 1 aromatic heterocycles. The SMILES string of the molecule is CCOc1ccc(C(C)N)cc1CSc1ccc(Cl)cn1. The largest absolute Gasteiger partial charge is 0.494 e. The first-order chi connectivity index (χ1) is 10.1. The summed E-state index contributed by atoms with van der Waals surface area (Å²) in [7, 11) is 0. The topological polar surface area (TPSA) is 48.1 Å². The van der Waals surface area contributed by atoms with Gasteiger partial charge in [-0.2, -0.15) is 0 Å². The van der Waals surface area contributed by atoms with E-state index in [1.54, 1.807) is 18.0 Å². The lowest BCUT2D eigenvalue weighted by molar-refractivity contribution is 0.337. The molecule has 0 fully saturated rings. The van der Waals surface area contributed by atoms with Crippen LogP contribution < -0.4 is 10.5 Å². The molecule has 21 heavy (non-hydrogen) atoms. The Morgan fingerprint density at radius 1 is 1.33 bits per heavy atom. The first kappa shape index (κ1) is 16.1. The number of thioether (sulfide) groups is 1. The van der Waals surface area contributed by atoms with E-state index in [1.807, 2.05) is 38.1 Å². The van der Waals surface area contributed by atoms with Crippen molar-refractivity contribution in [3.63, 3.8) is 0 Å². The van der Waals surface area contributed by atoms with E-state index in [4.69, 9.17) is 22.1 Å². The molecule has 0 amide bonds. The number of pyridine rings is 1. The standard InChI is InChI=1S/C16H19ClN2OS/c1-3-20-15-6-4-12(11(2)18)8-13(15)10-21-16-7-5-14(17)9-19-16/h4-9,11H,3,10,18H2,1-2H3. The van der Waals surface area contributed by atoms with Crippen molar-refractivity contribution >= 4 is 23.4 Å². The lowest BCUT2D eigenvalue weighted by atomic mass is 10.1. The smallest absolute Gasteiger partial charge is 0.123 e. The van der Waals surface area contributed by atoms with Gasteiger partial charge >= 0.3 is 0 Å². The van der Waals surface area contributed by atoms with Crippen molar-refractivity contribution in [3.8, 4) is 5.75 Å². The van der Waals surface area contributed by atoms with Crippen LogP contribution in [0.5, 0.6) is 5.75 Å². The van der Waals surface area contributed by atoms with Crippen LogP contribution in [-0.2, 0) is 5.75 Å². The Hall–Kier alpha value is -1.23. The molecule has 1 unspecified atom stereocenters. The third-order valence-electron chi connectivity index (χ3n) is 2.99. The second-order valence-corrected chi connectivity index (χ2v) is 6.12. The molecular weight excluding hydrogens is 304 g/mol. The molecule has 2 N–H and O–H groups in total. The van der Waals surface area contributed by atoms with Crippen molar-refractivity contribution in [2.75, 3.05) is 6.61 Å². The highest BCUT2D eigenvalue weighted by Gasteiger charge is 2.08. The van der Waals surface area contributed by atoms with E-state index in [0.29, 0.717) is 11.6 Å². The van der Waals surface area contributed by atoms with Gasteiger partial charge in [0, 0.05) is 23.6 Å². The Morgan fingerprint density at radius 3 is 2.76 bits per heavy atom. The number of hydrogen-bond donors (Lipinski definition) is 1. The molecule has 1 aromatic carbocycles. The van der Waals surface area contributed by atoms with Crippen molar-refractivity contribution in [2.45, 2.75) is 30.7 Å². The summed E-state index contributed by atoms with van der Waals surface area (Å²) in [5, 5.41) is 1.58. The van der Waals surface area contributed by atoms with Gasteiger partial charge in [-0.05, 0) is 43.7 Å². The molecular formula is C16H19ClN2OS. The zero-order chi connectivity index (χ0) is 15.2. The normalized spacial score (nSPS) is 12.2. The summed E-state index contributed by atoms with van der Waals surface area (Å²) in [6, 6.07) is 9.90. The van der Waals surface area contributed by atoms with Crippen molar-refractivity contribution in [1.82, 2.24) is 4.98 Å². The van der Waals surface area contributed by atoms with Gasteiger partial charge in [0.15, 0.2) is 0 Å². The molecule has 5 heteroatoms. The van der Waals surface area contributed by atoms with Gasteiger partial charge in [-0.3, -0.25) is 0 Å². The summed E-state index contributed by atoms with van der Waals surface area (Å²) >= 11 is 7.50. The molecule has 0 aliphatic heterocycles. The second-order valence-electron chi connectivity index (χ2n) is 4.69. The lowest BCUT2D eigenvalue weighted by Gasteiger charge is -2.13. The van der Waals surface area contributed by atoms with Crippen LogP contribution in [0.4, 0.5) is 0 Å². The Labute approximate surface area is 134 Å². The van der Waals surface area contributed by atoms with E-state index in [1.165, 1.54) is 0 Å². The maximum atomic E-state index is 5.96. The van der Waals surface area contributed by atoms with Crippen LogP contribution in [-0.4, -0.2) is 11.6 Å². The van der Waals surface area contributed by atoms with Crippen molar-refractivity contribution < 1.29 is 4.74 Å². The van der Waals surface area contributed by atoms with Crippen LogP contribution in [0.3, 0.4) is 0 Å². The maximum Gasteiger partial charge on any atom is 0.123 e. The second kappa shape index (κ2) is 7.69. The average molecular weight is 323 g/mol. The van der Waals surface area contributed by atoms with Gasteiger partial charge in [0.25, 0.3) is 0 Å². The maximum absolute atomic E-state index is 5.96. The Bertz CT molecular complexity index is 587. The molecule has 0 aliphatic rings. The van der Waals surface area contributed by atoms with E-state index in [-0.39, 0.29) is 6.04 Å². The van der Waals surface area contributed by atoms with Gasteiger partial charge < -0.3 is 10.5 Å². The van der Waals surface area contributed by atoms with E-state index in [2.05, 4.69) is 11.1 Å². The number of rotatable bonds is 6. The number of ether oxygens (including phenoxy) is 1. The molecule has 0 radical (unpaired) electrons. The molecule has 0 bridgehead atoms. The van der Waals surface area contributed by atoms with E-state index >= 15 is 0 Å². The zero-order valence-electron chi connectivity index (χ0n) is 12.2. The Morgan fingerprint density at radius 2 is 2.14 bits per heavy atom. The molecule has 1 heterocycles. The average Bonchev–Trinajstić information content (AvgIpc) is 2.48. The minimum atomic E-state index is 0.0121. The van der Waals surface area contributed by atoms with Gasteiger partial charge in [-0.25, -0.2) is 4.98 Å². The lowest BCUT2D eigenvalue weighted by Crippen LogP contribution is -2.06. The molecule has 0 aliphatic carbocycles. The van der Waals surface area contributed by atoms with Gasteiger partial charge in [0.1, 0.15) is 5.75 Å². The van der Waals surface area contributed by atoms with E-state index in [9.17, 15) is 0 Å². The van der Waals surface area contributed by atoms with E-state index < -0.39 is 0 Å². The van der Waals surface area contributed by atoms with Crippen LogP contribution in [0.25, 0.3) is 0 Å². The highest BCUT2D eigenvalue weighted by Crippen LogP contribution is 2.29.